The Morgan fingerprint density at radius 1 is 1.33 bits per heavy atom. The molecule has 0 unspecified atom stereocenters. The first-order valence-electron chi connectivity index (χ1n) is 6.41. The first-order valence-corrected chi connectivity index (χ1v) is 6.41. The van der Waals surface area contributed by atoms with Crippen molar-refractivity contribution in [2.75, 3.05) is 21.3 Å². The van der Waals surface area contributed by atoms with Gasteiger partial charge in [-0.2, -0.15) is 0 Å². The van der Waals surface area contributed by atoms with E-state index in [1.54, 1.807) is 39.2 Å². The van der Waals surface area contributed by atoms with Gasteiger partial charge in [0.1, 0.15) is 0 Å². The summed E-state index contributed by atoms with van der Waals surface area (Å²) < 4.78 is 10.6. The second kappa shape index (κ2) is 7.49. The standard InChI is InChI=1S/C14H21N3O4/c1-9(13(18)16-14(15)19)17(2)8-10-6-5-7-11(20-3)12(10)21-4/h5-7,9H,8H2,1-4H3,(H3,15,16,18,19)/t9-/m0/s1. The van der Waals surface area contributed by atoms with Gasteiger partial charge >= 0.3 is 6.03 Å². The molecule has 0 fully saturated rings. The van der Waals surface area contributed by atoms with Gasteiger partial charge < -0.3 is 15.2 Å². The molecule has 0 saturated heterocycles. The molecule has 0 radical (unpaired) electrons. The molecule has 116 valence electrons. The Morgan fingerprint density at radius 2 is 2.00 bits per heavy atom. The number of benzene rings is 1. The fourth-order valence-corrected chi connectivity index (χ4v) is 1.91. The minimum atomic E-state index is -0.862. The predicted octanol–water partition coefficient (Wildman–Crippen LogP) is 0.719. The van der Waals surface area contributed by atoms with E-state index in [0.717, 1.165) is 5.56 Å². The van der Waals surface area contributed by atoms with Crippen molar-refractivity contribution in [1.29, 1.82) is 0 Å². The van der Waals surface area contributed by atoms with Crippen LogP contribution in [-0.4, -0.2) is 44.1 Å². The van der Waals surface area contributed by atoms with Crippen molar-refractivity contribution < 1.29 is 19.1 Å². The third-order valence-electron chi connectivity index (χ3n) is 3.19. The van der Waals surface area contributed by atoms with Gasteiger partial charge in [-0.05, 0) is 20.0 Å². The lowest BCUT2D eigenvalue weighted by molar-refractivity contribution is -0.124. The van der Waals surface area contributed by atoms with Crippen LogP contribution < -0.4 is 20.5 Å². The molecule has 7 heteroatoms. The maximum Gasteiger partial charge on any atom is 0.318 e. The minimum Gasteiger partial charge on any atom is -0.493 e. The highest BCUT2D eigenvalue weighted by Gasteiger charge is 2.21. The number of ether oxygens (including phenoxy) is 2. The SMILES string of the molecule is COc1cccc(CN(C)[C@@H](C)C(=O)NC(N)=O)c1OC. The van der Waals surface area contributed by atoms with Gasteiger partial charge in [-0.15, -0.1) is 0 Å². The summed E-state index contributed by atoms with van der Waals surface area (Å²) in [6.07, 6.45) is 0. The highest BCUT2D eigenvalue weighted by molar-refractivity contribution is 5.96. The molecule has 0 spiro atoms. The maximum atomic E-state index is 11.8. The van der Waals surface area contributed by atoms with Crippen molar-refractivity contribution in [3.05, 3.63) is 23.8 Å². The highest BCUT2D eigenvalue weighted by atomic mass is 16.5. The summed E-state index contributed by atoms with van der Waals surface area (Å²) in [5.74, 6) is 0.791. The average Bonchev–Trinajstić information content (AvgIpc) is 2.45. The lowest BCUT2D eigenvalue weighted by Gasteiger charge is -2.24. The number of amides is 3. The Bertz CT molecular complexity index is 519. The molecule has 1 aromatic carbocycles. The van der Waals surface area contributed by atoms with Crippen LogP contribution in [0.3, 0.4) is 0 Å². The molecule has 3 N–H and O–H groups in total. The zero-order valence-corrected chi connectivity index (χ0v) is 12.7. The second-order valence-corrected chi connectivity index (χ2v) is 4.60. The highest BCUT2D eigenvalue weighted by Crippen LogP contribution is 2.31. The lowest BCUT2D eigenvalue weighted by Crippen LogP contribution is -2.46. The number of nitrogens with one attached hydrogen (secondary N) is 1. The summed E-state index contributed by atoms with van der Waals surface area (Å²) in [6.45, 7) is 2.14. The van der Waals surface area contributed by atoms with E-state index in [-0.39, 0.29) is 0 Å². The third kappa shape index (κ3) is 4.35. The van der Waals surface area contributed by atoms with Crippen molar-refractivity contribution in [2.24, 2.45) is 5.73 Å². The molecule has 1 atom stereocenters. The number of likely N-dealkylation sites (N-methyl/N-ethyl adjacent to an activating group) is 1. The number of rotatable bonds is 6. The van der Waals surface area contributed by atoms with E-state index in [1.165, 1.54) is 0 Å². The molecule has 7 nitrogen and oxygen atoms in total. The van der Waals surface area contributed by atoms with Crippen molar-refractivity contribution in [2.45, 2.75) is 19.5 Å². The Hall–Kier alpha value is -2.28. The zero-order chi connectivity index (χ0) is 16.0. The maximum absolute atomic E-state index is 11.8. The van der Waals surface area contributed by atoms with E-state index in [4.69, 9.17) is 15.2 Å². The van der Waals surface area contributed by atoms with Gasteiger partial charge in [0, 0.05) is 12.1 Å². The normalized spacial score (nSPS) is 11.9. The van der Waals surface area contributed by atoms with Crippen molar-refractivity contribution in [3.63, 3.8) is 0 Å². The van der Waals surface area contributed by atoms with E-state index in [1.807, 2.05) is 12.1 Å². The fraction of sp³-hybridized carbons (Fsp3) is 0.429. The molecular formula is C14H21N3O4. The van der Waals surface area contributed by atoms with Gasteiger partial charge in [-0.1, -0.05) is 12.1 Å². The number of hydrogen-bond donors (Lipinski definition) is 2. The van der Waals surface area contributed by atoms with Crippen molar-refractivity contribution in [1.82, 2.24) is 10.2 Å². The average molecular weight is 295 g/mol. The van der Waals surface area contributed by atoms with E-state index in [0.29, 0.717) is 18.0 Å². The quantitative estimate of drug-likeness (QED) is 0.806. The van der Waals surface area contributed by atoms with Crippen LogP contribution in [0.15, 0.2) is 18.2 Å². The van der Waals surface area contributed by atoms with Gasteiger partial charge in [0.2, 0.25) is 5.91 Å². The molecule has 0 aliphatic carbocycles. The number of imide groups is 1. The molecule has 0 heterocycles. The molecule has 0 aliphatic heterocycles. The molecule has 0 aromatic heterocycles. The number of carbonyl (C=O) groups is 2. The molecule has 21 heavy (non-hydrogen) atoms. The van der Waals surface area contributed by atoms with E-state index >= 15 is 0 Å². The van der Waals surface area contributed by atoms with E-state index in [9.17, 15) is 9.59 Å². The van der Waals surface area contributed by atoms with Crippen LogP contribution in [0, 0.1) is 0 Å². The molecule has 1 aromatic rings. The summed E-state index contributed by atoms with van der Waals surface area (Å²) in [5.41, 5.74) is 5.81. The van der Waals surface area contributed by atoms with Crippen molar-refractivity contribution >= 4 is 11.9 Å². The summed E-state index contributed by atoms with van der Waals surface area (Å²) in [6, 6.07) is 4.15. The zero-order valence-electron chi connectivity index (χ0n) is 12.7. The van der Waals surface area contributed by atoms with Crippen LogP contribution in [-0.2, 0) is 11.3 Å². The number of carbonyl (C=O) groups excluding carboxylic acids is 2. The smallest absolute Gasteiger partial charge is 0.318 e. The summed E-state index contributed by atoms with van der Waals surface area (Å²) in [4.78, 5) is 24.2. The number of methoxy groups -OCH3 is 2. The molecule has 0 bridgehead atoms. The Kier molecular flexibility index (Phi) is 5.98. The summed E-state index contributed by atoms with van der Waals surface area (Å²) in [7, 11) is 4.89. The number of nitrogens with two attached hydrogens (primary N) is 1. The first-order chi connectivity index (χ1) is 9.90. The van der Waals surface area contributed by atoms with Crippen LogP contribution in [0.5, 0.6) is 11.5 Å². The fourth-order valence-electron chi connectivity index (χ4n) is 1.91. The van der Waals surface area contributed by atoms with Gasteiger partial charge in [-0.3, -0.25) is 15.0 Å². The minimum absolute atomic E-state index is 0.452. The largest absolute Gasteiger partial charge is 0.493 e. The predicted molar refractivity (Wildman–Crippen MR) is 78.2 cm³/mol. The number of nitrogens with zero attached hydrogens (tertiary/aromatic N) is 1. The van der Waals surface area contributed by atoms with Crippen LogP contribution in [0.25, 0.3) is 0 Å². The monoisotopic (exact) mass is 295 g/mol. The Balaban J connectivity index is 2.85. The lowest BCUT2D eigenvalue weighted by atomic mass is 10.1. The third-order valence-corrected chi connectivity index (χ3v) is 3.19. The van der Waals surface area contributed by atoms with Crippen molar-refractivity contribution in [3.8, 4) is 11.5 Å². The molecular weight excluding hydrogens is 274 g/mol. The van der Waals surface area contributed by atoms with Crippen LogP contribution in [0.1, 0.15) is 12.5 Å². The van der Waals surface area contributed by atoms with E-state index in [2.05, 4.69) is 5.32 Å². The van der Waals surface area contributed by atoms with E-state index < -0.39 is 18.0 Å². The Morgan fingerprint density at radius 3 is 2.52 bits per heavy atom. The van der Waals surface area contributed by atoms with Gasteiger partial charge in [0.15, 0.2) is 11.5 Å². The summed E-state index contributed by atoms with van der Waals surface area (Å²) in [5, 5.41) is 2.06. The van der Waals surface area contributed by atoms with Crippen LogP contribution in [0.4, 0.5) is 4.79 Å². The number of para-hydroxylation sites is 1. The number of hydrogen-bond acceptors (Lipinski definition) is 5. The molecule has 0 saturated carbocycles. The molecule has 1 rings (SSSR count). The first kappa shape index (κ1) is 16.8. The van der Waals surface area contributed by atoms with Gasteiger partial charge in [-0.25, -0.2) is 4.79 Å². The van der Waals surface area contributed by atoms with Crippen LogP contribution in [0.2, 0.25) is 0 Å². The topological polar surface area (TPSA) is 93.9 Å². The second-order valence-electron chi connectivity index (χ2n) is 4.60. The molecule has 3 amide bonds. The Labute approximate surface area is 124 Å². The van der Waals surface area contributed by atoms with Gasteiger partial charge in [0.05, 0.1) is 20.3 Å². The number of urea groups is 1. The van der Waals surface area contributed by atoms with Gasteiger partial charge in [0.25, 0.3) is 0 Å². The summed E-state index contributed by atoms with van der Waals surface area (Å²) >= 11 is 0. The molecule has 0 aliphatic rings. The van der Waals surface area contributed by atoms with Crippen LogP contribution >= 0.6 is 0 Å². The number of primary amides is 1.